The van der Waals surface area contributed by atoms with E-state index in [0.29, 0.717) is 40.2 Å². The number of aryl methyl sites for hydroxylation is 1. The number of amides is 1. The van der Waals surface area contributed by atoms with Gasteiger partial charge in [0.05, 0.1) is 41.8 Å². The summed E-state index contributed by atoms with van der Waals surface area (Å²) in [5.41, 5.74) is 3.03. The van der Waals surface area contributed by atoms with E-state index in [1.165, 1.54) is 12.4 Å². The van der Waals surface area contributed by atoms with Crippen molar-refractivity contribution in [2.24, 2.45) is 0 Å². The Morgan fingerprint density at radius 3 is 2.72 bits per heavy atom. The number of anilines is 1. The van der Waals surface area contributed by atoms with Gasteiger partial charge in [-0.1, -0.05) is 18.2 Å². The number of benzene rings is 1. The molecule has 0 unspecified atom stereocenters. The van der Waals surface area contributed by atoms with Crippen LogP contribution in [0.3, 0.4) is 0 Å². The molecule has 0 aliphatic carbocycles. The van der Waals surface area contributed by atoms with Gasteiger partial charge in [-0.2, -0.15) is 5.10 Å². The van der Waals surface area contributed by atoms with Crippen LogP contribution in [0.1, 0.15) is 20.9 Å². The van der Waals surface area contributed by atoms with E-state index in [1.54, 1.807) is 52.5 Å². The maximum atomic E-state index is 13.0. The number of aromatic hydroxyl groups is 1. The monoisotopic (exact) mass is 442 g/mol. The Balaban J connectivity index is 1.40. The molecule has 0 spiro atoms. The van der Waals surface area contributed by atoms with Crippen LogP contribution in [-0.2, 0) is 6.54 Å². The van der Waals surface area contributed by atoms with Gasteiger partial charge in [0, 0.05) is 16.1 Å². The number of carbonyl (C=O) groups excluding carboxylic acids is 1. The zero-order chi connectivity index (χ0) is 22.1. The summed E-state index contributed by atoms with van der Waals surface area (Å²) < 4.78 is 1.80. The number of carbonyl (C=O) groups is 1. The number of phenols is 1. The number of aromatic nitrogens is 5. The van der Waals surface area contributed by atoms with Crippen molar-refractivity contribution in [2.45, 2.75) is 13.5 Å². The smallest absolute Gasteiger partial charge is 0.256 e. The number of thiophene rings is 1. The fourth-order valence-corrected chi connectivity index (χ4v) is 4.10. The Bertz CT molecular complexity index is 1410. The summed E-state index contributed by atoms with van der Waals surface area (Å²) in [5.74, 6) is 0.306. The fraction of sp³-hybridized carbons (Fsp3) is 0.0870. The second-order valence-corrected chi connectivity index (χ2v) is 8.26. The molecule has 0 fully saturated rings. The van der Waals surface area contributed by atoms with Crippen LogP contribution in [0.15, 0.2) is 66.4 Å². The van der Waals surface area contributed by atoms with Crippen LogP contribution in [0.25, 0.3) is 22.4 Å². The van der Waals surface area contributed by atoms with Crippen molar-refractivity contribution in [2.75, 3.05) is 5.32 Å². The van der Waals surface area contributed by atoms with Gasteiger partial charge in [-0.3, -0.25) is 4.79 Å². The van der Waals surface area contributed by atoms with Crippen LogP contribution >= 0.6 is 11.3 Å². The van der Waals surface area contributed by atoms with E-state index in [0.717, 1.165) is 10.6 Å². The molecule has 1 aromatic carbocycles. The number of fused-ring (bicyclic) bond motifs is 1. The molecule has 0 aliphatic heterocycles. The summed E-state index contributed by atoms with van der Waals surface area (Å²) in [5, 5.41) is 19.6. The zero-order valence-corrected chi connectivity index (χ0v) is 17.9. The standard InChI is InChI=1S/C23H18N6O2S/c1-14-8-19(20-12-26-29(22(20)27-14)13-18-6-3-7-32-18)23(31)28-16-10-24-21(25-11-16)15-4-2-5-17(30)9-15/h2-12,30H,13H2,1H3,(H,28,31). The summed E-state index contributed by atoms with van der Waals surface area (Å²) in [6, 6.07) is 12.5. The molecule has 2 N–H and O–H groups in total. The Hall–Kier alpha value is -4.11. The van der Waals surface area contributed by atoms with Crippen LogP contribution in [0, 0.1) is 6.92 Å². The Morgan fingerprint density at radius 2 is 1.97 bits per heavy atom. The van der Waals surface area contributed by atoms with Crippen LogP contribution in [0.5, 0.6) is 5.75 Å². The van der Waals surface area contributed by atoms with Gasteiger partial charge < -0.3 is 10.4 Å². The second-order valence-electron chi connectivity index (χ2n) is 7.23. The maximum Gasteiger partial charge on any atom is 0.256 e. The Kier molecular flexibility index (Phi) is 5.08. The van der Waals surface area contributed by atoms with E-state index in [1.807, 2.05) is 24.4 Å². The number of nitrogens with one attached hydrogen (secondary N) is 1. The lowest BCUT2D eigenvalue weighted by Gasteiger charge is -2.08. The van der Waals surface area contributed by atoms with Crippen molar-refractivity contribution in [3.05, 3.63) is 82.6 Å². The first-order valence-corrected chi connectivity index (χ1v) is 10.7. The molecular formula is C23H18N6O2S. The SMILES string of the molecule is Cc1cc(C(=O)Nc2cnc(-c3cccc(O)c3)nc2)c2cnn(Cc3cccs3)c2n1. The van der Waals surface area contributed by atoms with Crippen molar-refractivity contribution in [1.29, 1.82) is 0 Å². The summed E-state index contributed by atoms with van der Waals surface area (Å²) in [7, 11) is 0. The van der Waals surface area contributed by atoms with Crippen molar-refractivity contribution >= 4 is 34.0 Å². The second kappa shape index (κ2) is 8.20. The third-order valence-electron chi connectivity index (χ3n) is 4.88. The molecule has 0 saturated carbocycles. The number of phenolic OH excluding ortho intramolecular Hbond substituents is 1. The third kappa shape index (κ3) is 3.93. The molecule has 4 heterocycles. The summed E-state index contributed by atoms with van der Waals surface area (Å²) in [6.45, 7) is 2.45. The van der Waals surface area contributed by atoms with Crippen LogP contribution in [0.2, 0.25) is 0 Å². The van der Waals surface area contributed by atoms with Crippen molar-refractivity contribution < 1.29 is 9.90 Å². The van der Waals surface area contributed by atoms with Gasteiger partial charge in [0.25, 0.3) is 5.91 Å². The summed E-state index contributed by atoms with van der Waals surface area (Å²) in [4.78, 5) is 27.4. The molecule has 8 nitrogen and oxygen atoms in total. The number of hydrogen-bond acceptors (Lipinski definition) is 7. The lowest BCUT2D eigenvalue weighted by molar-refractivity contribution is 0.102. The maximum absolute atomic E-state index is 13.0. The van der Waals surface area contributed by atoms with Gasteiger partial charge in [-0.15, -0.1) is 11.3 Å². The predicted octanol–water partition coefficient (Wildman–Crippen LogP) is 4.26. The van der Waals surface area contributed by atoms with Crippen LogP contribution in [0.4, 0.5) is 5.69 Å². The number of hydrogen-bond donors (Lipinski definition) is 2. The van der Waals surface area contributed by atoms with Gasteiger partial charge >= 0.3 is 0 Å². The molecule has 0 atom stereocenters. The highest BCUT2D eigenvalue weighted by Crippen LogP contribution is 2.23. The first-order valence-electron chi connectivity index (χ1n) is 9.85. The van der Waals surface area contributed by atoms with Crippen LogP contribution < -0.4 is 5.32 Å². The predicted molar refractivity (Wildman–Crippen MR) is 123 cm³/mol. The lowest BCUT2D eigenvalue weighted by Crippen LogP contribution is -2.14. The fourth-order valence-electron chi connectivity index (χ4n) is 3.41. The molecule has 5 aromatic rings. The molecule has 0 bridgehead atoms. The topological polar surface area (TPSA) is 106 Å². The minimum absolute atomic E-state index is 0.139. The third-order valence-corrected chi connectivity index (χ3v) is 5.74. The minimum atomic E-state index is -0.287. The summed E-state index contributed by atoms with van der Waals surface area (Å²) >= 11 is 1.65. The molecule has 0 aliphatic rings. The van der Waals surface area contributed by atoms with Crippen molar-refractivity contribution in [1.82, 2.24) is 24.7 Å². The highest BCUT2D eigenvalue weighted by molar-refractivity contribution is 7.09. The molecule has 0 saturated heterocycles. The van der Waals surface area contributed by atoms with E-state index >= 15 is 0 Å². The van der Waals surface area contributed by atoms with E-state index < -0.39 is 0 Å². The summed E-state index contributed by atoms with van der Waals surface area (Å²) in [6.07, 6.45) is 4.75. The Morgan fingerprint density at radius 1 is 1.12 bits per heavy atom. The molecule has 5 rings (SSSR count). The molecule has 1 amide bonds. The molecule has 158 valence electrons. The average molecular weight is 443 g/mol. The lowest BCUT2D eigenvalue weighted by atomic mass is 10.1. The van der Waals surface area contributed by atoms with Gasteiger partial charge in [-0.05, 0) is 36.6 Å². The van der Waals surface area contributed by atoms with Crippen molar-refractivity contribution in [3.8, 4) is 17.1 Å². The molecule has 32 heavy (non-hydrogen) atoms. The number of nitrogens with zero attached hydrogens (tertiary/aromatic N) is 5. The highest BCUT2D eigenvalue weighted by atomic mass is 32.1. The number of rotatable bonds is 5. The van der Waals surface area contributed by atoms with Crippen LogP contribution in [-0.4, -0.2) is 35.7 Å². The first kappa shape index (κ1) is 19.8. The van der Waals surface area contributed by atoms with E-state index in [9.17, 15) is 9.90 Å². The Labute approximate surface area is 187 Å². The molecular weight excluding hydrogens is 424 g/mol. The van der Waals surface area contributed by atoms with Crippen molar-refractivity contribution in [3.63, 3.8) is 0 Å². The van der Waals surface area contributed by atoms with Gasteiger partial charge in [-0.25, -0.2) is 19.6 Å². The zero-order valence-electron chi connectivity index (χ0n) is 17.1. The van der Waals surface area contributed by atoms with Gasteiger partial charge in [0.2, 0.25) is 0 Å². The first-order chi connectivity index (χ1) is 15.6. The normalized spacial score (nSPS) is 11.0. The minimum Gasteiger partial charge on any atom is -0.508 e. The van der Waals surface area contributed by atoms with E-state index in [2.05, 4.69) is 25.4 Å². The van der Waals surface area contributed by atoms with E-state index in [-0.39, 0.29) is 11.7 Å². The highest BCUT2D eigenvalue weighted by Gasteiger charge is 2.17. The molecule has 0 radical (unpaired) electrons. The average Bonchev–Trinajstić information content (AvgIpc) is 3.44. The largest absolute Gasteiger partial charge is 0.508 e. The number of pyridine rings is 1. The quantitative estimate of drug-likeness (QED) is 0.421. The molecule has 9 heteroatoms. The van der Waals surface area contributed by atoms with E-state index in [4.69, 9.17) is 0 Å². The van der Waals surface area contributed by atoms with Gasteiger partial charge in [0.15, 0.2) is 11.5 Å². The molecule has 4 aromatic heterocycles. The van der Waals surface area contributed by atoms with Gasteiger partial charge in [0.1, 0.15) is 5.75 Å².